The topological polar surface area (TPSA) is 43.8 Å². The van der Waals surface area contributed by atoms with E-state index < -0.39 is 0 Å². The molecule has 0 fully saturated rings. The van der Waals surface area contributed by atoms with Crippen LogP contribution in [0.1, 0.15) is 75.1 Å². The Morgan fingerprint density at radius 2 is 1.74 bits per heavy atom. The van der Waals surface area contributed by atoms with Crippen molar-refractivity contribution >= 4 is 29.1 Å². The van der Waals surface area contributed by atoms with Gasteiger partial charge in [-0.15, -0.1) is 0 Å². The summed E-state index contributed by atoms with van der Waals surface area (Å²) < 4.78 is 0. The van der Waals surface area contributed by atoms with Crippen molar-refractivity contribution in [2.45, 2.75) is 70.9 Å². The van der Waals surface area contributed by atoms with E-state index in [4.69, 9.17) is 23.2 Å². The minimum atomic E-state index is -0.343. The number of benzene rings is 2. The first-order chi connectivity index (χ1) is 16.2. The Morgan fingerprint density at radius 3 is 2.35 bits per heavy atom. The van der Waals surface area contributed by atoms with Crippen LogP contribution in [0.2, 0.25) is 10.0 Å². The Balaban J connectivity index is 2.30. The molecule has 1 amide bonds. The molecule has 0 aliphatic heterocycles. The number of hydrogen-bond donors (Lipinski definition) is 1. The van der Waals surface area contributed by atoms with E-state index in [9.17, 15) is 9.90 Å². The van der Waals surface area contributed by atoms with Crippen molar-refractivity contribution in [1.82, 2.24) is 9.80 Å². The highest BCUT2D eigenvalue weighted by molar-refractivity contribution is 6.42. The third-order valence-electron chi connectivity index (χ3n) is 6.65. The van der Waals surface area contributed by atoms with E-state index in [0.29, 0.717) is 23.0 Å². The average Bonchev–Trinajstić information content (AvgIpc) is 2.85. The number of unbranched alkanes of at least 4 members (excludes halogenated alkanes) is 1. The molecule has 2 rings (SSSR count). The number of hydrogen-bond acceptors (Lipinski definition) is 3. The number of aliphatic hydroxyl groups is 1. The molecule has 0 bridgehead atoms. The third-order valence-corrected chi connectivity index (χ3v) is 7.49. The number of halogens is 2. The molecule has 0 aliphatic carbocycles. The maximum Gasteiger partial charge on any atom is 0.230 e. The Hall–Kier alpha value is -1.59. The van der Waals surface area contributed by atoms with Crippen molar-refractivity contribution in [3.8, 4) is 0 Å². The molecule has 0 radical (unpaired) electrons. The molecular weight excluding hydrogens is 467 g/mol. The third kappa shape index (κ3) is 7.71. The van der Waals surface area contributed by atoms with E-state index in [1.54, 1.807) is 6.07 Å². The second-order valence-corrected chi connectivity index (χ2v) is 10.0. The van der Waals surface area contributed by atoms with E-state index >= 15 is 0 Å². The van der Waals surface area contributed by atoms with Crippen LogP contribution >= 0.6 is 23.2 Å². The lowest BCUT2D eigenvalue weighted by atomic mass is 9.91. The van der Waals surface area contributed by atoms with E-state index in [1.165, 1.54) is 0 Å². The minimum Gasteiger partial charge on any atom is -0.393 e. The van der Waals surface area contributed by atoms with E-state index in [-0.39, 0.29) is 24.0 Å². The van der Waals surface area contributed by atoms with Crippen LogP contribution in [0, 0.1) is 0 Å². The first-order valence-electron chi connectivity index (χ1n) is 12.4. The zero-order valence-electron chi connectivity index (χ0n) is 21.2. The number of rotatable bonds is 13. The van der Waals surface area contributed by atoms with Gasteiger partial charge in [0.25, 0.3) is 0 Å². The van der Waals surface area contributed by atoms with E-state index in [2.05, 4.69) is 24.0 Å². The van der Waals surface area contributed by atoms with Crippen molar-refractivity contribution in [2.24, 2.45) is 0 Å². The second kappa shape index (κ2) is 14.1. The van der Waals surface area contributed by atoms with E-state index in [1.807, 2.05) is 57.1 Å². The highest BCUT2D eigenvalue weighted by Gasteiger charge is 2.29. The van der Waals surface area contributed by atoms with Gasteiger partial charge in [-0.1, -0.05) is 79.9 Å². The van der Waals surface area contributed by atoms with Gasteiger partial charge in [-0.3, -0.25) is 4.79 Å². The quantitative estimate of drug-likeness (QED) is 0.327. The van der Waals surface area contributed by atoms with Crippen LogP contribution in [0.5, 0.6) is 0 Å². The van der Waals surface area contributed by atoms with Crippen molar-refractivity contribution < 1.29 is 9.90 Å². The number of nitrogens with zero attached hydrogens (tertiary/aromatic N) is 2. The highest BCUT2D eigenvalue weighted by Crippen LogP contribution is 2.35. The lowest BCUT2D eigenvalue weighted by Crippen LogP contribution is -2.40. The van der Waals surface area contributed by atoms with Gasteiger partial charge in [0.05, 0.1) is 28.1 Å². The van der Waals surface area contributed by atoms with Crippen LogP contribution in [-0.2, 0) is 11.2 Å². The molecule has 4 nitrogen and oxygen atoms in total. The predicted octanol–water partition coefficient (Wildman–Crippen LogP) is 6.73. The number of likely N-dealkylation sites (N-methyl/N-ethyl adjacent to an activating group) is 2. The Kier molecular flexibility index (Phi) is 11.9. The van der Waals surface area contributed by atoms with Crippen LogP contribution in [0.3, 0.4) is 0 Å². The molecule has 0 aliphatic rings. The highest BCUT2D eigenvalue weighted by atomic mass is 35.5. The molecule has 0 heterocycles. The zero-order chi connectivity index (χ0) is 25.3. The Morgan fingerprint density at radius 1 is 1.06 bits per heavy atom. The summed E-state index contributed by atoms with van der Waals surface area (Å²) in [6, 6.07) is 13.8. The Labute approximate surface area is 215 Å². The largest absolute Gasteiger partial charge is 0.393 e. The molecule has 6 heteroatoms. The predicted molar refractivity (Wildman–Crippen MR) is 144 cm³/mol. The molecule has 2 unspecified atom stereocenters. The van der Waals surface area contributed by atoms with Gasteiger partial charge in [-0.25, -0.2) is 0 Å². The molecule has 2 aromatic carbocycles. The SMILES string of the molecule is CCCCc1c(C(C)C(=O)N(C)C(CN(C)CC[C@H](O)CC)c2ccccc2)ccc(Cl)c1Cl. The van der Waals surface area contributed by atoms with Crippen molar-refractivity contribution in [1.29, 1.82) is 0 Å². The monoisotopic (exact) mass is 506 g/mol. The summed E-state index contributed by atoms with van der Waals surface area (Å²) >= 11 is 12.9. The number of aliphatic hydroxyl groups excluding tert-OH is 1. The van der Waals surface area contributed by atoms with Gasteiger partial charge in [0.2, 0.25) is 5.91 Å². The van der Waals surface area contributed by atoms with Crippen LogP contribution in [-0.4, -0.2) is 54.1 Å². The maximum atomic E-state index is 13.8. The molecule has 188 valence electrons. The fourth-order valence-corrected chi connectivity index (χ4v) is 4.74. The fraction of sp³-hybridized carbons (Fsp3) is 0.536. The van der Waals surface area contributed by atoms with Crippen molar-refractivity contribution in [3.63, 3.8) is 0 Å². The molecule has 2 aromatic rings. The molecule has 3 atom stereocenters. The number of amides is 1. The molecule has 1 N–H and O–H groups in total. The molecular formula is C28H40Cl2N2O2. The van der Waals surface area contributed by atoms with Gasteiger partial charge in [0, 0.05) is 20.1 Å². The fourth-order valence-electron chi connectivity index (χ4n) is 4.30. The maximum absolute atomic E-state index is 13.8. The molecule has 0 saturated heterocycles. The molecule has 34 heavy (non-hydrogen) atoms. The first-order valence-corrected chi connectivity index (χ1v) is 13.1. The van der Waals surface area contributed by atoms with Gasteiger partial charge in [0.15, 0.2) is 0 Å². The smallest absolute Gasteiger partial charge is 0.230 e. The number of carbonyl (C=O) groups excluding carboxylic acids is 1. The van der Waals surface area contributed by atoms with Crippen LogP contribution < -0.4 is 0 Å². The number of carbonyl (C=O) groups is 1. The average molecular weight is 508 g/mol. The van der Waals surface area contributed by atoms with E-state index in [0.717, 1.165) is 48.9 Å². The molecule has 0 saturated carbocycles. The lowest BCUT2D eigenvalue weighted by Gasteiger charge is -2.34. The summed E-state index contributed by atoms with van der Waals surface area (Å²) in [5.74, 6) is -0.294. The first kappa shape index (κ1) is 28.6. The standard InChI is InChI=1S/C28H40Cl2N2O2/c1-6-8-14-24-23(15-16-25(29)27(24)30)20(3)28(34)32(5)26(21-12-10-9-11-13-21)19-31(4)18-17-22(33)7-2/h9-13,15-16,20,22,26,33H,6-8,14,17-19H2,1-5H3/t20?,22-,26?/m1/s1. The Bertz CT molecular complexity index is 907. The zero-order valence-corrected chi connectivity index (χ0v) is 22.7. The minimum absolute atomic E-state index is 0.0481. The second-order valence-electron chi connectivity index (χ2n) is 9.24. The van der Waals surface area contributed by atoms with Gasteiger partial charge < -0.3 is 14.9 Å². The van der Waals surface area contributed by atoms with Crippen molar-refractivity contribution in [2.75, 3.05) is 27.2 Å². The van der Waals surface area contributed by atoms with Gasteiger partial charge in [-0.05, 0) is 62.4 Å². The summed E-state index contributed by atoms with van der Waals surface area (Å²) in [4.78, 5) is 17.8. The summed E-state index contributed by atoms with van der Waals surface area (Å²) in [7, 11) is 3.93. The molecule has 0 aromatic heterocycles. The van der Waals surface area contributed by atoms with Gasteiger partial charge in [0.1, 0.15) is 0 Å². The van der Waals surface area contributed by atoms with Crippen molar-refractivity contribution in [3.05, 3.63) is 69.2 Å². The summed E-state index contributed by atoms with van der Waals surface area (Å²) in [5, 5.41) is 11.1. The lowest BCUT2D eigenvalue weighted by molar-refractivity contribution is -0.133. The van der Waals surface area contributed by atoms with Crippen LogP contribution in [0.4, 0.5) is 0 Å². The summed E-state index contributed by atoms with van der Waals surface area (Å²) in [6.45, 7) is 7.53. The van der Waals surface area contributed by atoms with Gasteiger partial charge >= 0.3 is 0 Å². The van der Waals surface area contributed by atoms with Crippen LogP contribution in [0.25, 0.3) is 0 Å². The normalized spacial score (nSPS) is 14.1. The van der Waals surface area contributed by atoms with Crippen LogP contribution in [0.15, 0.2) is 42.5 Å². The summed E-state index contributed by atoms with van der Waals surface area (Å²) in [5.41, 5.74) is 3.02. The summed E-state index contributed by atoms with van der Waals surface area (Å²) in [6.07, 6.45) is 4.00. The van der Waals surface area contributed by atoms with Gasteiger partial charge in [-0.2, -0.15) is 0 Å². The molecule has 0 spiro atoms.